The van der Waals surface area contributed by atoms with Crippen molar-refractivity contribution in [2.45, 2.75) is 32.7 Å². The molecule has 1 aromatic rings. The van der Waals surface area contributed by atoms with Crippen molar-refractivity contribution in [2.75, 3.05) is 6.67 Å². The molecule has 12 heavy (non-hydrogen) atoms. The molecule has 0 saturated heterocycles. The molecule has 0 aliphatic heterocycles. The molecule has 1 heterocycles. The van der Waals surface area contributed by atoms with Gasteiger partial charge in [0.25, 0.3) is 0 Å². The topological polar surface area (TPSA) is 17.8 Å². The first kappa shape index (κ1) is 9.23. The highest BCUT2D eigenvalue weighted by atomic mass is 19.1. The van der Waals surface area contributed by atoms with Crippen LogP contribution in [0.2, 0.25) is 0 Å². The third kappa shape index (κ3) is 2.32. The molecule has 0 atom stereocenters. The number of aromatic nitrogens is 2. The van der Waals surface area contributed by atoms with Gasteiger partial charge >= 0.3 is 0 Å². The number of halogens is 1. The smallest absolute Gasteiger partial charge is 0.108 e. The molecule has 0 fully saturated rings. The van der Waals surface area contributed by atoms with Crippen molar-refractivity contribution < 1.29 is 4.39 Å². The van der Waals surface area contributed by atoms with E-state index in [0.29, 0.717) is 6.42 Å². The lowest BCUT2D eigenvalue weighted by Gasteiger charge is -2.04. The third-order valence-electron chi connectivity index (χ3n) is 1.81. The summed E-state index contributed by atoms with van der Waals surface area (Å²) >= 11 is 0. The molecule has 0 amide bonds. The number of aryl methyl sites for hydroxylation is 2. The van der Waals surface area contributed by atoms with Gasteiger partial charge in [-0.3, -0.25) is 4.39 Å². The highest BCUT2D eigenvalue weighted by molar-refractivity contribution is 4.92. The van der Waals surface area contributed by atoms with Crippen LogP contribution in [-0.2, 0) is 13.0 Å². The van der Waals surface area contributed by atoms with Crippen LogP contribution in [0.25, 0.3) is 0 Å². The van der Waals surface area contributed by atoms with Crippen molar-refractivity contribution in [3.63, 3.8) is 0 Å². The summed E-state index contributed by atoms with van der Waals surface area (Å²) in [4.78, 5) is 4.20. The molecule has 0 aliphatic carbocycles. The Kier molecular flexibility index (Phi) is 3.77. The molecule has 0 unspecified atom stereocenters. The first-order valence-electron chi connectivity index (χ1n) is 4.44. The predicted molar refractivity (Wildman–Crippen MR) is 46.8 cm³/mol. The Labute approximate surface area is 72.4 Å². The van der Waals surface area contributed by atoms with Crippen molar-refractivity contribution in [2.24, 2.45) is 0 Å². The molecular weight excluding hydrogens is 155 g/mol. The zero-order chi connectivity index (χ0) is 8.81. The Morgan fingerprint density at radius 1 is 1.58 bits per heavy atom. The second-order valence-corrected chi connectivity index (χ2v) is 2.83. The summed E-state index contributed by atoms with van der Waals surface area (Å²) in [6, 6.07) is 0. The Balaban J connectivity index is 2.51. The van der Waals surface area contributed by atoms with Gasteiger partial charge in [0.2, 0.25) is 0 Å². The maximum Gasteiger partial charge on any atom is 0.108 e. The number of hydrogen-bond donors (Lipinski definition) is 0. The van der Waals surface area contributed by atoms with E-state index < -0.39 is 0 Å². The van der Waals surface area contributed by atoms with Crippen LogP contribution >= 0.6 is 0 Å². The van der Waals surface area contributed by atoms with Crippen LogP contribution in [-0.4, -0.2) is 16.2 Å². The summed E-state index contributed by atoms with van der Waals surface area (Å²) in [5, 5.41) is 0. The second-order valence-electron chi connectivity index (χ2n) is 2.83. The van der Waals surface area contributed by atoms with Crippen LogP contribution in [0.4, 0.5) is 4.39 Å². The molecule has 2 nitrogen and oxygen atoms in total. The lowest BCUT2D eigenvalue weighted by atomic mass is 10.3. The van der Waals surface area contributed by atoms with Crippen LogP contribution < -0.4 is 0 Å². The van der Waals surface area contributed by atoms with Crippen LogP contribution in [0, 0.1) is 0 Å². The van der Waals surface area contributed by atoms with E-state index in [2.05, 4.69) is 11.9 Å². The van der Waals surface area contributed by atoms with E-state index in [0.717, 1.165) is 25.2 Å². The summed E-state index contributed by atoms with van der Waals surface area (Å²) in [6.07, 6.45) is 6.36. The van der Waals surface area contributed by atoms with Gasteiger partial charge in [0, 0.05) is 25.4 Å². The van der Waals surface area contributed by atoms with Gasteiger partial charge in [-0.1, -0.05) is 6.92 Å². The van der Waals surface area contributed by atoms with Crippen LogP contribution in [0.5, 0.6) is 0 Å². The number of alkyl halides is 1. The fraction of sp³-hybridized carbons (Fsp3) is 0.667. The van der Waals surface area contributed by atoms with Crippen LogP contribution in [0.3, 0.4) is 0 Å². The lowest BCUT2D eigenvalue weighted by Crippen LogP contribution is -2.03. The zero-order valence-electron chi connectivity index (χ0n) is 7.46. The zero-order valence-corrected chi connectivity index (χ0v) is 7.46. The van der Waals surface area contributed by atoms with Gasteiger partial charge in [0.05, 0.1) is 6.67 Å². The maximum atomic E-state index is 11.9. The average Bonchev–Trinajstić information content (AvgIpc) is 2.50. The normalized spacial score (nSPS) is 10.5. The van der Waals surface area contributed by atoms with Crippen molar-refractivity contribution in [3.8, 4) is 0 Å². The summed E-state index contributed by atoms with van der Waals surface area (Å²) < 4.78 is 13.9. The summed E-state index contributed by atoms with van der Waals surface area (Å²) in [5.74, 6) is 1.07. The lowest BCUT2D eigenvalue weighted by molar-refractivity contribution is 0.442. The Bertz CT molecular complexity index is 220. The molecule has 0 radical (unpaired) electrons. The van der Waals surface area contributed by atoms with E-state index in [9.17, 15) is 4.39 Å². The first-order chi connectivity index (χ1) is 5.88. The molecule has 0 spiro atoms. The third-order valence-corrected chi connectivity index (χ3v) is 1.81. The average molecular weight is 170 g/mol. The molecule has 0 aliphatic rings. The molecule has 0 bridgehead atoms. The number of imidazole rings is 1. The highest BCUT2D eigenvalue weighted by Crippen LogP contribution is 2.02. The predicted octanol–water partition coefficient (Wildman–Crippen LogP) is 2.20. The number of nitrogens with zero attached hydrogens (tertiary/aromatic N) is 2. The van der Waals surface area contributed by atoms with E-state index in [1.165, 1.54) is 0 Å². The number of hydrogen-bond acceptors (Lipinski definition) is 1. The summed E-state index contributed by atoms with van der Waals surface area (Å²) in [6.45, 7) is 2.63. The summed E-state index contributed by atoms with van der Waals surface area (Å²) in [5.41, 5.74) is 0. The number of rotatable bonds is 5. The molecule has 1 aromatic heterocycles. The Hall–Kier alpha value is -0.860. The van der Waals surface area contributed by atoms with E-state index in [1.54, 1.807) is 6.20 Å². The van der Waals surface area contributed by atoms with Gasteiger partial charge < -0.3 is 4.57 Å². The Morgan fingerprint density at radius 3 is 3.08 bits per heavy atom. The van der Waals surface area contributed by atoms with E-state index >= 15 is 0 Å². The van der Waals surface area contributed by atoms with Gasteiger partial charge in [-0.25, -0.2) is 4.98 Å². The monoisotopic (exact) mass is 170 g/mol. The van der Waals surface area contributed by atoms with Crippen LogP contribution in [0.15, 0.2) is 12.4 Å². The fourth-order valence-corrected chi connectivity index (χ4v) is 1.23. The van der Waals surface area contributed by atoms with Crippen LogP contribution in [0.1, 0.15) is 25.6 Å². The van der Waals surface area contributed by atoms with Gasteiger partial charge in [0.1, 0.15) is 5.82 Å². The fourth-order valence-electron chi connectivity index (χ4n) is 1.23. The van der Waals surface area contributed by atoms with Crippen molar-refractivity contribution >= 4 is 0 Å². The van der Waals surface area contributed by atoms with Crippen molar-refractivity contribution in [1.82, 2.24) is 9.55 Å². The minimum atomic E-state index is -0.246. The summed E-state index contributed by atoms with van der Waals surface area (Å²) in [7, 11) is 0. The van der Waals surface area contributed by atoms with Gasteiger partial charge in [-0.15, -0.1) is 0 Å². The minimum absolute atomic E-state index is 0.246. The first-order valence-corrected chi connectivity index (χ1v) is 4.44. The van der Waals surface area contributed by atoms with E-state index in [-0.39, 0.29) is 6.67 Å². The molecule has 68 valence electrons. The Morgan fingerprint density at radius 2 is 2.42 bits per heavy atom. The van der Waals surface area contributed by atoms with Gasteiger partial charge in [-0.05, 0) is 12.8 Å². The molecule has 0 saturated carbocycles. The van der Waals surface area contributed by atoms with E-state index in [1.807, 2.05) is 10.8 Å². The molecular formula is C9H15FN2. The van der Waals surface area contributed by atoms with Crippen molar-refractivity contribution in [3.05, 3.63) is 18.2 Å². The molecule has 0 N–H and O–H groups in total. The standard InChI is InChI=1S/C9H15FN2/c1-2-4-9-11-6-8-12(9)7-3-5-10/h6,8H,2-5,7H2,1H3. The molecule has 0 aromatic carbocycles. The van der Waals surface area contributed by atoms with Gasteiger partial charge in [-0.2, -0.15) is 0 Å². The highest BCUT2D eigenvalue weighted by Gasteiger charge is 1.99. The van der Waals surface area contributed by atoms with Crippen molar-refractivity contribution in [1.29, 1.82) is 0 Å². The second kappa shape index (κ2) is 4.91. The largest absolute Gasteiger partial charge is 0.335 e. The van der Waals surface area contributed by atoms with E-state index in [4.69, 9.17) is 0 Å². The quantitative estimate of drug-likeness (QED) is 0.662. The molecule has 1 rings (SSSR count). The SMILES string of the molecule is CCCc1nccn1CCCF. The maximum absolute atomic E-state index is 11.9. The minimum Gasteiger partial charge on any atom is -0.335 e. The van der Waals surface area contributed by atoms with Gasteiger partial charge in [0.15, 0.2) is 0 Å². The molecule has 3 heteroatoms.